The zero-order chi connectivity index (χ0) is 23.9. The summed E-state index contributed by atoms with van der Waals surface area (Å²) in [4.78, 5) is 24.3. The summed E-state index contributed by atoms with van der Waals surface area (Å²) in [5.41, 5.74) is 1.42. The van der Waals surface area contributed by atoms with Crippen LogP contribution in [0.4, 0.5) is 10.5 Å². The summed E-state index contributed by atoms with van der Waals surface area (Å²) in [6.07, 6.45) is 4.00. The summed E-state index contributed by atoms with van der Waals surface area (Å²) in [5, 5.41) is 5.71. The number of hydrogen-bond acceptors (Lipinski definition) is 6. The second-order valence-corrected chi connectivity index (χ2v) is 10.6. The molecule has 188 valence electrons. The Bertz CT molecular complexity index is 881. The minimum atomic E-state index is -0.794. The van der Waals surface area contributed by atoms with E-state index in [4.69, 9.17) is 24.0 Å². The number of urea groups is 1. The summed E-state index contributed by atoms with van der Waals surface area (Å²) in [6, 6.07) is 7.60. The van der Waals surface area contributed by atoms with Gasteiger partial charge in [0.15, 0.2) is 18.2 Å². The molecule has 1 spiro atoms. The molecular formula is C26H38N2O6. The first-order valence-corrected chi connectivity index (χ1v) is 12.8. The maximum atomic E-state index is 12.2. The number of nitrogens with one attached hydrogen (secondary N) is 2. The predicted molar refractivity (Wildman–Crippen MR) is 126 cm³/mol. The second kappa shape index (κ2) is 9.39. The topological polar surface area (TPSA) is 87.3 Å². The van der Waals surface area contributed by atoms with Crippen LogP contribution in [0.3, 0.4) is 0 Å². The summed E-state index contributed by atoms with van der Waals surface area (Å²) in [5.74, 6) is 0.410. The molecule has 2 amide bonds. The number of rotatable bonds is 6. The minimum absolute atomic E-state index is 0.117. The summed E-state index contributed by atoms with van der Waals surface area (Å²) in [7, 11) is 0. The molecule has 8 atom stereocenters. The second-order valence-electron chi connectivity index (χ2n) is 10.6. The van der Waals surface area contributed by atoms with Gasteiger partial charge >= 0.3 is 6.03 Å². The molecule has 34 heavy (non-hydrogen) atoms. The van der Waals surface area contributed by atoms with E-state index in [1.54, 1.807) is 0 Å². The molecule has 1 aromatic rings. The molecule has 1 aromatic carbocycles. The van der Waals surface area contributed by atoms with Crippen LogP contribution in [0, 0.1) is 23.7 Å². The fraction of sp³-hybridized carbons (Fsp3) is 0.731. The molecule has 0 radical (unpaired) electrons. The number of aryl methyl sites for hydroxylation is 1. The molecule has 4 saturated heterocycles. The van der Waals surface area contributed by atoms with Crippen molar-refractivity contribution in [3.63, 3.8) is 0 Å². The van der Waals surface area contributed by atoms with Crippen molar-refractivity contribution < 1.29 is 28.8 Å². The minimum Gasteiger partial charge on any atom is -0.350 e. The van der Waals surface area contributed by atoms with Gasteiger partial charge in [-0.05, 0) is 62.1 Å². The third kappa shape index (κ3) is 4.24. The van der Waals surface area contributed by atoms with E-state index in [1.807, 2.05) is 31.2 Å². The Morgan fingerprint density at radius 1 is 1.12 bits per heavy atom. The van der Waals surface area contributed by atoms with Crippen molar-refractivity contribution in [2.45, 2.75) is 83.8 Å². The summed E-state index contributed by atoms with van der Waals surface area (Å²) in [6.45, 7) is 9.22. The van der Waals surface area contributed by atoms with E-state index in [9.17, 15) is 4.79 Å². The van der Waals surface area contributed by atoms with Gasteiger partial charge in [0.1, 0.15) is 0 Å². The predicted octanol–water partition coefficient (Wildman–Crippen LogP) is 4.60. The highest BCUT2D eigenvalue weighted by molar-refractivity contribution is 5.89. The van der Waals surface area contributed by atoms with Crippen LogP contribution in [0.1, 0.15) is 58.9 Å². The molecule has 2 bridgehead atoms. The molecule has 4 aliphatic heterocycles. The van der Waals surface area contributed by atoms with Crippen molar-refractivity contribution in [3.05, 3.63) is 29.8 Å². The van der Waals surface area contributed by atoms with Crippen molar-refractivity contribution in [2.24, 2.45) is 23.7 Å². The lowest BCUT2D eigenvalue weighted by atomic mass is 9.58. The maximum Gasteiger partial charge on any atom is 0.319 e. The first-order valence-electron chi connectivity index (χ1n) is 12.8. The third-order valence-corrected chi connectivity index (χ3v) is 8.39. The van der Waals surface area contributed by atoms with E-state index in [2.05, 4.69) is 31.4 Å². The lowest BCUT2D eigenvalue weighted by molar-refractivity contribution is -0.577. The van der Waals surface area contributed by atoms with E-state index in [-0.39, 0.29) is 17.9 Å². The Hall–Kier alpha value is -1.71. The van der Waals surface area contributed by atoms with Crippen LogP contribution in [0.25, 0.3) is 0 Å². The van der Waals surface area contributed by atoms with Crippen molar-refractivity contribution in [1.29, 1.82) is 0 Å². The van der Waals surface area contributed by atoms with E-state index in [1.165, 1.54) is 5.56 Å². The Morgan fingerprint density at radius 2 is 1.91 bits per heavy atom. The standard InChI is InChI=1S/C26H38N2O6/c1-5-18-7-9-19(10-8-18)28-24(29)27-14-15-30-22-17(3)21-11-6-16(2)20-12-13-25(4)32-23(31-22)26(20,21)34-33-25/h7-10,16-17,20-23H,5-6,11-15H2,1-4H3,(H2,27,28,29)/t16-,17-,20+,21+,22+,23-,25+,26-/m1/s1. The number of ether oxygens (including phenoxy) is 3. The molecular weight excluding hydrogens is 436 g/mol. The van der Waals surface area contributed by atoms with E-state index in [0.717, 1.165) is 37.8 Å². The monoisotopic (exact) mass is 474 g/mol. The van der Waals surface area contributed by atoms with Crippen molar-refractivity contribution in [1.82, 2.24) is 5.32 Å². The molecule has 5 fully saturated rings. The maximum absolute atomic E-state index is 12.2. The van der Waals surface area contributed by atoms with E-state index < -0.39 is 24.0 Å². The van der Waals surface area contributed by atoms with Crippen LogP contribution in [-0.2, 0) is 30.4 Å². The number of carbonyl (C=O) groups excluding carboxylic acids is 1. The van der Waals surface area contributed by atoms with Crippen LogP contribution in [0.5, 0.6) is 0 Å². The van der Waals surface area contributed by atoms with Crippen LogP contribution in [0.15, 0.2) is 24.3 Å². The van der Waals surface area contributed by atoms with Crippen molar-refractivity contribution in [2.75, 3.05) is 18.5 Å². The quantitative estimate of drug-likeness (QED) is 0.463. The normalized spacial score (nSPS) is 40.8. The molecule has 2 N–H and O–H groups in total. The van der Waals surface area contributed by atoms with Crippen LogP contribution < -0.4 is 10.6 Å². The molecule has 1 aliphatic carbocycles. The highest BCUT2D eigenvalue weighted by atomic mass is 17.3. The van der Waals surface area contributed by atoms with Crippen LogP contribution in [-0.4, -0.2) is 43.2 Å². The van der Waals surface area contributed by atoms with Gasteiger partial charge in [0, 0.05) is 30.5 Å². The van der Waals surface area contributed by atoms with E-state index in [0.29, 0.717) is 25.0 Å². The SMILES string of the molecule is CCc1ccc(NC(=O)NCCO[C@H]2O[C@@H]3O[C@]4(C)CC[C@H]5[C@H](C)CC[C@@H]([C@H]2C)[C@@]35OO4)cc1. The highest BCUT2D eigenvalue weighted by Gasteiger charge is 2.69. The Balaban J connectivity index is 1.17. The Morgan fingerprint density at radius 3 is 2.68 bits per heavy atom. The Labute approximate surface area is 201 Å². The lowest BCUT2D eigenvalue weighted by Crippen LogP contribution is -2.70. The molecule has 5 aliphatic rings. The molecule has 8 nitrogen and oxygen atoms in total. The van der Waals surface area contributed by atoms with Gasteiger partial charge in [-0.25, -0.2) is 14.6 Å². The van der Waals surface area contributed by atoms with Gasteiger partial charge in [-0.2, -0.15) is 0 Å². The van der Waals surface area contributed by atoms with Gasteiger partial charge in [0.05, 0.1) is 6.61 Å². The number of carbonyl (C=O) groups is 1. The van der Waals surface area contributed by atoms with E-state index >= 15 is 0 Å². The molecule has 0 aromatic heterocycles. The van der Waals surface area contributed by atoms with Crippen LogP contribution in [0.2, 0.25) is 0 Å². The molecule has 0 unspecified atom stereocenters. The number of hydrogen-bond donors (Lipinski definition) is 2. The summed E-state index contributed by atoms with van der Waals surface area (Å²) < 4.78 is 18.9. The fourth-order valence-electron chi connectivity index (χ4n) is 6.40. The number of amides is 2. The average molecular weight is 475 g/mol. The number of fused-ring (bicyclic) bond motifs is 2. The molecule has 4 heterocycles. The smallest absolute Gasteiger partial charge is 0.319 e. The fourth-order valence-corrected chi connectivity index (χ4v) is 6.40. The highest BCUT2D eigenvalue weighted by Crippen LogP contribution is 2.60. The largest absolute Gasteiger partial charge is 0.350 e. The summed E-state index contributed by atoms with van der Waals surface area (Å²) >= 11 is 0. The number of anilines is 1. The van der Waals surface area contributed by atoms with Gasteiger partial charge in [-0.15, -0.1) is 0 Å². The van der Waals surface area contributed by atoms with Gasteiger partial charge in [-0.3, -0.25) is 0 Å². The van der Waals surface area contributed by atoms with Crippen molar-refractivity contribution >= 4 is 11.7 Å². The third-order valence-electron chi connectivity index (χ3n) is 8.39. The zero-order valence-corrected chi connectivity index (χ0v) is 20.7. The van der Waals surface area contributed by atoms with Gasteiger partial charge in [0.25, 0.3) is 0 Å². The Kier molecular flexibility index (Phi) is 6.63. The molecule has 6 rings (SSSR count). The number of benzene rings is 1. The van der Waals surface area contributed by atoms with Crippen LogP contribution >= 0.6 is 0 Å². The van der Waals surface area contributed by atoms with Gasteiger partial charge < -0.3 is 24.8 Å². The van der Waals surface area contributed by atoms with Gasteiger partial charge in [-0.1, -0.05) is 32.9 Å². The molecule has 8 heteroatoms. The molecule has 1 saturated carbocycles. The lowest BCUT2D eigenvalue weighted by Gasteiger charge is -2.60. The average Bonchev–Trinajstić information content (AvgIpc) is 3.06. The van der Waals surface area contributed by atoms with Crippen molar-refractivity contribution in [3.8, 4) is 0 Å². The van der Waals surface area contributed by atoms with Gasteiger partial charge in [0.2, 0.25) is 5.79 Å². The first-order chi connectivity index (χ1) is 16.3. The first kappa shape index (κ1) is 24.0. The zero-order valence-electron chi connectivity index (χ0n) is 20.7.